The van der Waals surface area contributed by atoms with Crippen LogP contribution >= 0.6 is 0 Å². The van der Waals surface area contributed by atoms with E-state index in [0.717, 1.165) is 39.0 Å². The van der Waals surface area contributed by atoms with Crippen molar-refractivity contribution in [3.8, 4) is 11.1 Å². The number of nitrogens with zero attached hydrogens (tertiary/aromatic N) is 1. The first-order valence-electron chi connectivity index (χ1n) is 16.9. The van der Waals surface area contributed by atoms with Crippen LogP contribution in [0, 0.1) is 0 Å². The second kappa shape index (κ2) is 11.5. The summed E-state index contributed by atoms with van der Waals surface area (Å²) in [6.07, 6.45) is 6.54. The van der Waals surface area contributed by atoms with Crippen LogP contribution in [0.3, 0.4) is 0 Å². The Bertz CT molecular complexity index is 2170. The first-order chi connectivity index (χ1) is 22.5. The molecule has 1 fully saturated rings. The molecule has 0 unspecified atom stereocenters. The molecule has 7 aromatic rings. The normalized spacial score (nSPS) is 14.3. The minimum absolute atomic E-state index is 0.0679. The van der Waals surface area contributed by atoms with Gasteiger partial charge in [-0.1, -0.05) is 137 Å². The largest absolute Gasteiger partial charge is 0.454 e. The summed E-state index contributed by atoms with van der Waals surface area (Å²) in [6, 6.07) is 46.7. The Morgan fingerprint density at radius 3 is 2.04 bits per heavy atom. The van der Waals surface area contributed by atoms with Gasteiger partial charge in [-0.25, -0.2) is 0 Å². The molecule has 2 nitrogen and oxygen atoms in total. The standard InChI is InChI=1S/C44H41NO/c1-44(2,3)32-26-28-33(29-27-32)45(40-24-13-22-38-36-19-8-10-25-41(36)46-43(38)40)39-23-9-7-18-35(39)37-21-12-17-31-16-11-20-34(42(31)37)30-14-5-4-6-15-30/h7-13,16-30H,4-6,14-15H2,1-3H3. The Kier molecular flexibility index (Phi) is 7.17. The smallest absolute Gasteiger partial charge is 0.159 e. The van der Waals surface area contributed by atoms with Gasteiger partial charge in [0.1, 0.15) is 5.58 Å². The Morgan fingerprint density at radius 1 is 0.587 bits per heavy atom. The van der Waals surface area contributed by atoms with E-state index in [1.54, 1.807) is 0 Å². The quantitative estimate of drug-likeness (QED) is 0.196. The van der Waals surface area contributed by atoms with E-state index in [1.807, 2.05) is 6.07 Å². The fourth-order valence-corrected chi connectivity index (χ4v) is 7.67. The highest BCUT2D eigenvalue weighted by Gasteiger charge is 2.25. The molecule has 0 radical (unpaired) electrons. The van der Waals surface area contributed by atoms with Gasteiger partial charge < -0.3 is 9.32 Å². The van der Waals surface area contributed by atoms with Gasteiger partial charge in [-0.3, -0.25) is 0 Å². The molecule has 1 aliphatic rings. The van der Waals surface area contributed by atoms with E-state index in [2.05, 4.69) is 147 Å². The van der Waals surface area contributed by atoms with Crippen LogP contribution in [0.2, 0.25) is 0 Å². The molecule has 0 amide bonds. The predicted molar refractivity (Wildman–Crippen MR) is 196 cm³/mol. The van der Waals surface area contributed by atoms with Crippen LogP contribution in [0.4, 0.5) is 17.1 Å². The van der Waals surface area contributed by atoms with Crippen LogP contribution < -0.4 is 4.90 Å². The molecule has 0 bridgehead atoms. The number of hydrogen-bond acceptors (Lipinski definition) is 2. The molecular weight excluding hydrogens is 558 g/mol. The monoisotopic (exact) mass is 599 g/mol. The van der Waals surface area contributed by atoms with Crippen molar-refractivity contribution in [2.75, 3.05) is 4.90 Å². The van der Waals surface area contributed by atoms with Gasteiger partial charge in [0, 0.05) is 22.0 Å². The van der Waals surface area contributed by atoms with Crippen molar-refractivity contribution in [1.82, 2.24) is 0 Å². The summed E-state index contributed by atoms with van der Waals surface area (Å²) in [5.41, 5.74) is 10.5. The lowest BCUT2D eigenvalue weighted by molar-refractivity contribution is 0.445. The summed E-state index contributed by atoms with van der Waals surface area (Å²) in [7, 11) is 0. The lowest BCUT2D eigenvalue weighted by atomic mass is 9.80. The van der Waals surface area contributed by atoms with E-state index in [1.165, 1.54) is 65.1 Å². The van der Waals surface area contributed by atoms with Crippen LogP contribution in [0.5, 0.6) is 0 Å². The van der Waals surface area contributed by atoms with Crippen LogP contribution in [0.1, 0.15) is 69.9 Å². The van der Waals surface area contributed by atoms with Gasteiger partial charge >= 0.3 is 0 Å². The summed E-state index contributed by atoms with van der Waals surface area (Å²) in [5.74, 6) is 0.608. The maximum absolute atomic E-state index is 6.66. The Morgan fingerprint density at radius 2 is 1.24 bits per heavy atom. The number of fused-ring (bicyclic) bond motifs is 4. The molecule has 1 heterocycles. The molecule has 1 aromatic heterocycles. The molecule has 0 aliphatic heterocycles. The van der Waals surface area contributed by atoms with Gasteiger partial charge in [0.2, 0.25) is 0 Å². The zero-order valence-electron chi connectivity index (χ0n) is 27.1. The Hall–Kier alpha value is -4.82. The van der Waals surface area contributed by atoms with E-state index in [4.69, 9.17) is 4.42 Å². The van der Waals surface area contributed by atoms with E-state index in [-0.39, 0.29) is 5.41 Å². The zero-order chi connectivity index (χ0) is 31.3. The highest BCUT2D eigenvalue weighted by Crippen LogP contribution is 2.48. The summed E-state index contributed by atoms with van der Waals surface area (Å²) < 4.78 is 6.66. The van der Waals surface area contributed by atoms with Crippen LogP contribution in [0.15, 0.2) is 132 Å². The van der Waals surface area contributed by atoms with E-state index in [9.17, 15) is 0 Å². The SMILES string of the molecule is CC(C)(C)c1ccc(N(c2ccccc2-c2cccc3cccc(C4CCCCC4)c23)c2cccc3c2oc2ccccc23)cc1. The summed E-state index contributed by atoms with van der Waals surface area (Å²) in [5, 5.41) is 4.98. The van der Waals surface area contributed by atoms with Gasteiger partial charge in [0.05, 0.1) is 11.4 Å². The fourth-order valence-electron chi connectivity index (χ4n) is 7.67. The molecule has 8 rings (SSSR count). The first-order valence-corrected chi connectivity index (χ1v) is 16.9. The van der Waals surface area contributed by atoms with Crippen molar-refractivity contribution in [1.29, 1.82) is 0 Å². The third-order valence-corrected chi connectivity index (χ3v) is 10.0. The van der Waals surface area contributed by atoms with E-state index < -0.39 is 0 Å². The molecule has 0 saturated heterocycles. The third-order valence-electron chi connectivity index (χ3n) is 10.0. The minimum Gasteiger partial charge on any atom is -0.454 e. The molecule has 0 spiro atoms. The highest BCUT2D eigenvalue weighted by atomic mass is 16.3. The van der Waals surface area contributed by atoms with Gasteiger partial charge in [-0.15, -0.1) is 0 Å². The number of benzene rings is 6. The second-order valence-electron chi connectivity index (χ2n) is 14.0. The Labute approximate surface area is 272 Å². The molecule has 6 aromatic carbocycles. The van der Waals surface area contributed by atoms with Crippen LogP contribution in [-0.2, 0) is 5.41 Å². The van der Waals surface area contributed by atoms with Crippen LogP contribution in [-0.4, -0.2) is 0 Å². The Balaban J connectivity index is 1.39. The number of para-hydroxylation sites is 3. The fraction of sp³-hybridized carbons (Fsp3) is 0.227. The first kappa shape index (κ1) is 28.6. The average molecular weight is 600 g/mol. The van der Waals surface area contributed by atoms with E-state index in [0.29, 0.717) is 5.92 Å². The molecule has 0 N–H and O–H groups in total. The van der Waals surface area contributed by atoms with Crippen molar-refractivity contribution in [3.63, 3.8) is 0 Å². The van der Waals surface area contributed by atoms with Gasteiger partial charge in [-0.05, 0) is 82.0 Å². The minimum atomic E-state index is 0.0679. The van der Waals surface area contributed by atoms with E-state index >= 15 is 0 Å². The topological polar surface area (TPSA) is 16.4 Å². The van der Waals surface area contributed by atoms with Crippen molar-refractivity contribution >= 4 is 49.8 Å². The molecule has 0 atom stereocenters. The summed E-state index contributed by atoms with van der Waals surface area (Å²) in [4.78, 5) is 2.41. The van der Waals surface area contributed by atoms with Crippen LogP contribution in [0.25, 0.3) is 43.8 Å². The van der Waals surface area contributed by atoms with Gasteiger partial charge in [0.15, 0.2) is 5.58 Å². The predicted octanol–water partition coefficient (Wildman–Crippen LogP) is 13.2. The molecular formula is C44H41NO. The number of furan rings is 1. The molecule has 1 saturated carbocycles. The summed E-state index contributed by atoms with van der Waals surface area (Å²) >= 11 is 0. The molecule has 1 aliphatic carbocycles. The second-order valence-corrected chi connectivity index (χ2v) is 14.0. The highest BCUT2D eigenvalue weighted by molar-refractivity contribution is 6.11. The molecule has 46 heavy (non-hydrogen) atoms. The maximum Gasteiger partial charge on any atom is 0.159 e. The zero-order valence-corrected chi connectivity index (χ0v) is 27.1. The molecule has 228 valence electrons. The number of anilines is 3. The average Bonchev–Trinajstić information content (AvgIpc) is 3.48. The molecule has 2 heteroatoms. The maximum atomic E-state index is 6.66. The van der Waals surface area contributed by atoms with Crippen molar-refractivity contribution < 1.29 is 4.42 Å². The van der Waals surface area contributed by atoms with Gasteiger partial charge in [-0.2, -0.15) is 0 Å². The number of rotatable bonds is 5. The summed E-state index contributed by atoms with van der Waals surface area (Å²) in [6.45, 7) is 6.82. The van der Waals surface area contributed by atoms with Crippen molar-refractivity contribution in [3.05, 3.63) is 139 Å². The van der Waals surface area contributed by atoms with Crippen molar-refractivity contribution in [2.24, 2.45) is 0 Å². The third kappa shape index (κ3) is 4.97. The lowest BCUT2D eigenvalue weighted by Gasteiger charge is -2.30. The lowest BCUT2D eigenvalue weighted by Crippen LogP contribution is -2.14. The number of hydrogen-bond donors (Lipinski definition) is 0. The van der Waals surface area contributed by atoms with Crippen molar-refractivity contribution in [2.45, 2.75) is 64.2 Å². The van der Waals surface area contributed by atoms with Gasteiger partial charge in [0.25, 0.3) is 0 Å².